The molecule has 2 aliphatic carbocycles. The van der Waals surface area contributed by atoms with Gasteiger partial charge in [-0.05, 0) is 62.1 Å². The van der Waals surface area contributed by atoms with E-state index in [0.29, 0.717) is 16.9 Å². The van der Waals surface area contributed by atoms with Gasteiger partial charge in [0.2, 0.25) is 10.0 Å². The van der Waals surface area contributed by atoms with Crippen molar-refractivity contribution in [1.82, 2.24) is 4.72 Å². The van der Waals surface area contributed by atoms with Crippen LogP contribution in [0.2, 0.25) is 5.02 Å². The topological polar surface area (TPSA) is 72.2 Å². The number of nitrogen functional groups attached to an aromatic ring is 1. The number of anilines is 1. The first kappa shape index (κ1) is 15.1. The van der Waals surface area contributed by atoms with Crippen LogP contribution in [0.4, 0.5) is 5.69 Å². The van der Waals surface area contributed by atoms with Gasteiger partial charge in [-0.2, -0.15) is 0 Å². The number of benzene rings is 1. The van der Waals surface area contributed by atoms with Crippen LogP contribution in [0.25, 0.3) is 0 Å². The van der Waals surface area contributed by atoms with Gasteiger partial charge in [-0.25, -0.2) is 13.1 Å². The highest BCUT2D eigenvalue weighted by molar-refractivity contribution is 7.89. The molecular formula is C15H21ClN2O2S. The molecule has 2 saturated carbocycles. The molecule has 0 amide bonds. The zero-order valence-corrected chi connectivity index (χ0v) is 13.6. The highest BCUT2D eigenvalue weighted by atomic mass is 35.5. The molecule has 3 rings (SSSR count). The molecule has 1 aromatic rings. The largest absolute Gasteiger partial charge is 0.398 e. The maximum Gasteiger partial charge on any atom is 0.242 e. The number of fused-ring (bicyclic) bond motifs is 2. The third-order valence-electron chi connectivity index (χ3n) is 5.04. The summed E-state index contributed by atoms with van der Waals surface area (Å²) in [5.41, 5.74) is 6.02. The lowest BCUT2D eigenvalue weighted by atomic mass is 9.84. The van der Waals surface area contributed by atoms with Crippen molar-refractivity contribution in [3.05, 3.63) is 23.2 Å². The molecule has 6 heteroatoms. The SMILES string of the molecule is CC(NS(=O)(=O)c1cc(Cl)ccc1N)C1CC2CCC1C2. The molecule has 116 valence electrons. The molecule has 2 aliphatic rings. The van der Waals surface area contributed by atoms with Gasteiger partial charge in [0.15, 0.2) is 0 Å². The van der Waals surface area contributed by atoms with E-state index in [1.165, 1.54) is 31.4 Å². The second kappa shape index (κ2) is 5.45. The summed E-state index contributed by atoms with van der Waals surface area (Å²) in [6.07, 6.45) is 4.94. The lowest BCUT2D eigenvalue weighted by Gasteiger charge is -2.28. The normalized spacial score (nSPS) is 29.7. The third-order valence-corrected chi connectivity index (χ3v) is 6.89. The van der Waals surface area contributed by atoms with Gasteiger partial charge in [0.05, 0.1) is 5.69 Å². The Morgan fingerprint density at radius 2 is 2.10 bits per heavy atom. The Kier molecular flexibility index (Phi) is 3.93. The Morgan fingerprint density at radius 1 is 1.33 bits per heavy atom. The Hall–Kier alpha value is -0.780. The molecule has 0 radical (unpaired) electrons. The molecule has 21 heavy (non-hydrogen) atoms. The van der Waals surface area contributed by atoms with Gasteiger partial charge in [0.25, 0.3) is 0 Å². The molecule has 0 aromatic heterocycles. The van der Waals surface area contributed by atoms with Crippen LogP contribution in [-0.2, 0) is 10.0 Å². The van der Waals surface area contributed by atoms with Gasteiger partial charge in [-0.15, -0.1) is 0 Å². The van der Waals surface area contributed by atoms with Crippen LogP contribution >= 0.6 is 11.6 Å². The van der Waals surface area contributed by atoms with Crippen LogP contribution in [0, 0.1) is 17.8 Å². The summed E-state index contributed by atoms with van der Waals surface area (Å²) in [4.78, 5) is 0.0741. The van der Waals surface area contributed by atoms with Crippen molar-refractivity contribution in [3.8, 4) is 0 Å². The van der Waals surface area contributed by atoms with Gasteiger partial charge in [0.1, 0.15) is 4.90 Å². The number of nitrogens with one attached hydrogen (secondary N) is 1. The monoisotopic (exact) mass is 328 g/mol. The molecule has 4 unspecified atom stereocenters. The smallest absolute Gasteiger partial charge is 0.242 e. The maximum absolute atomic E-state index is 12.5. The van der Waals surface area contributed by atoms with E-state index in [9.17, 15) is 8.42 Å². The fourth-order valence-electron chi connectivity index (χ4n) is 4.04. The predicted octanol–water partition coefficient (Wildman–Crippen LogP) is 3.03. The molecule has 1 aromatic carbocycles. The van der Waals surface area contributed by atoms with E-state index < -0.39 is 10.0 Å². The summed E-state index contributed by atoms with van der Waals surface area (Å²) in [5, 5.41) is 0.372. The van der Waals surface area contributed by atoms with Gasteiger partial charge >= 0.3 is 0 Å². The standard InChI is InChI=1S/C15H21ClN2O2S/c1-9(13-7-10-2-3-11(13)6-10)18-21(19,20)15-8-12(16)4-5-14(15)17/h4-5,8-11,13,18H,2-3,6-7,17H2,1H3. The second-order valence-electron chi connectivity index (χ2n) is 6.43. The second-order valence-corrected chi connectivity index (χ2v) is 8.55. The van der Waals surface area contributed by atoms with E-state index in [-0.39, 0.29) is 16.6 Å². The molecule has 0 aliphatic heterocycles. The average Bonchev–Trinajstić information content (AvgIpc) is 3.03. The third kappa shape index (κ3) is 2.91. The number of nitrogens with two attached hydrogens (primary N) is 1. The first-order chi connectivity index (χ1) is 9.87. The summed E-state index contributed by atoms with van der Waals surface area (Å²) >= 11 is 5.89. The Labute approximate surface area is 131 Å². The minimum absolute atomic E-state index is 0.0660. The predicted molar refractivity (Wildman–Crippen MR) is 84.6 cm³/mol. The molecule has 0 spiro atoms. The van der Waals surface area contributed by atoms with Crippen LogP contribution in [0.3, 0.4) is 0 Å². The number of hydrogen-bond donors (Lipinski definition) is 2. The van der Waals surface area contributed by atoms with E-state index >= 15 is 0 Å². The highest BCUT2D eigenvalue weighted by Crippen LogP contribution is 2.49. The summed E-state index contributed by atoms with van der Waals surface area (Å²) in [7, 11) is -3.63. The highest BCUT2D eigenvalue weighted by Gasteiger charge is 2.42. The van der Waals surface area contributed by atoms with Crippen molar-refractivity contribution in [3.63, 3.8) is 0 Å². The van der Waals surface area contributed by atoms with E-state index in [1.54, 1.807) is 6.07 Å². The average molecular weight is 329 g/mol. The van der Waals surface area contributed by atoms with Gasteiger partial charge < -0.3 is 5.73 Å². The Balaban J connectivity index is 1.78. The molecule has 0 saturated heterocycles. The van der Waals surface area contributed by atoms with Gasteiger partial charge in [-0.1, -0.05) is 18.0 Å². The van der Waals surface area contributed by atoms with Crippen LogP contribution in [0.1, 0.15) is 32.6 Å². The van der Waals surface area contributed by atoms with Crippen molar-refractivity contribution >= 4 is 27.3 Å². The van der Waals surface area contributed by atoms with E-state index in [1.807, 2.05) is 6.92 Å². The zero-order valence-electron chi connectivity index (χ0n) is 12.0. The fraction of sp³-hybridized carbons (Fsp3) is 0.600. The van der Waals surface area contributed by atoms with E-state index in [0.717, 1.165) is 12.3 Å². The van der Waals surface area contributed by atoms with Crippen LogP contribution in [-0.4, -0.2) is 14.5 Å². The molecule has 0 heterocycles. The maximum atomic E-state index is 12.5. The zero-order chi connectivity index (χ0) is 15.2. The molecule has 4 nitrogen and oxygen atoms in total. The van der Waals surface area contributed by atoms with Crippen LogP contribution < -0.4 is 10.5 Å². The summed E-state index contributed by atoms with van der Waals surface area (Å²) < 4.78 is 27.9. The van der Waals surface area contributed by atoms with Crippen molar-refractivity contribution in [2.75, 3.05) is 5.73 Å². The fourth-order valence-corrected chi connectivity index (χ4v) is 5.73. The van der Waals surface area contributed by atoms with Crippen molar-refractivity contribution < 1.29 is 8.42 Å². The van der Waals surface area contributed by atoms with Gasteiger partial charge in [-0.3, -0.25) is 0 Å². The Bertz CT molecular complexity index is 647. The van der Waals surface area contributed by atoms with Gasteiger partial charge in [0, 0.05) is 11.1 Å². The van der Waals surface area contributed by atoms with Crippen LogP contribution in [0.15, 0.2) is 23.1 Å². The molecule has 4 atom stereocenters. The molecule has 3 N–H and O–H groups in total. The van der Waals surface area contributed by atoms with E-state index in [4.69, 9.17) is 17.3 Å². The Morgan fingerprint density at radius 3 is 2.71 bits per heavy atom. The van der Waals surface area contributed by atoms with Crippen molar-refractivity contribution in [2.45, 2.75) is 43.5 Å². The molecule has 2 bridgehead atoms. The van der Waals surface area contributed by atoms with Crippen LogP contribution in [0.5, 0.6) is 0 Å². The quantitative estimate of drug-likeness (QED) is 0.834. The number of rotatable bonds is 4. The molecular weight excluding hydrogens is 308 g/mol. The number of hydrogen-bond acceptors (Lipinski definition) is 3. The lowest BCUT2D eigenvalue weighted by Crippen LogP contribution is -2.40. The minimum atomic E-state index is -3.63. The molecule has 2 fully saturated rings. The van der Waals surface area contributed by atoms with E-state index in [2.05, 4.69) is 4.72 Å². The summed E-state index contributed by atoms with van der Waals surface area (Å²) in [6, 6.07) is 4.46. The first-order valence-electron chi connectivity index (χ1n) is 7.44. The lowest BCUT2D eigenvalue weighted by molar-refractivity contribution is 0.280. The summed E-state index contributed by atoms with van der Waals surface area (Å²) in [5.74, 6) is 1.91. The minimum Gasteiger partial charge on any atom is -0.398 e. The van der Waals surface area contributed by atoms with Crippen molar-refractivity contribution in [2.24, 2.45) is 17.8 Å². The summed E-state index contributed by atoms with van der Waals surface area (Å²) in [6.45, 7) is 1.96. The van der Waals surface area contributed by atoms with Crippen molar-refractivity contribution in [1.29, 1.82) is 0 Å². The number of halogens is 1. The number of sulfonamides is 1. The first-order valence-corrected chi connectivity index (χ1v) is 9.30.